The molecule has 0 aliphatic carbocycles. The molecule has 0 heterocycles. The first-order valence-corrected chi connectivity index (χ1v) is 15.4. The van der Waals surface area contributed by atoms with Gasteiger partial charge in [-0.25, -0.2) is 0 Å². The molecule has 0 aromatic rings. The molecule has 0 saturated heterocycles. The lowest BCUT2D eigenvalue weighted by atomic mass is 10.0. The lowest BCUT2D eigenvalue weighted by molar-refractivity contribution is -0.137. The molecule has 0 atom stereocenters. The van der Waals surface area contributed by atoms with Crippen molar-refractivity contribution in [1.82, 2.24) is 0 Å². The van der Waals surface area contributed by atoms with E-state index in [0.717, 1.165) is 32.5 Å². The fourth-order valence-electron chi connectivity index (χ4n) is 4.16. The molecule has 222 valence electrons. The van der Waals surface area contributed by atoms with Crippen molar-refractivity contribution in [3.63, 3.8) is 0 Å². The molecular weight excluding hydrogens is 472 g/mol. The topological polar surface area (TPSA) is 83.5 Å². The van der Waals surface area contributed by atoms with E-state index in [2.05, 4.69) is 0 Å². The molecule has 0 aromatic heterocycles. The Bertz CT molecular complexity index is 434. The monoisotopic (exact) mass is 532 g/mol. The Morgan fingerprint density at radius 3 is 1.00 bits per heavy atom. The summed E-state index contributed by atoms with van der Waals surface area (Å²) in [6.45, 7) is 8.47. The minimum Gasteiger partial charge on any atom is -0.481 e. The molecule has 37 heavy (non-hydrogen) atoms. The molecule has 0 radical (unpaired) electrons. The van der Waals surface area contributed by atoms with Crippen LogP contribution in [0.4, 0.5) is 0 Å². The number of ether oxygens (including phenoxy) is 5. The van der Waals surface area contributed by atoms with Crippen LogP contribution in [0.1, 0.15) is 122 Å². The SMILES string of the molecule is CCOCCOCCOCCOCCOCCCCCCCCCCCCCCCCCCCC(=O)O. The third-order valence-corrected chi connectivity index (χ3v) is 6.37. The van der Waals surface area contributed by atoms with E-state index in [9.17, 15) is 4.79 Å². The number of hydrogen-bond donors (Lipinski definition) is 1. The number of carboxylic acids is 1. The third-order valence-electron chi connectivity index (χ3n) is 6.37. The van der Waals surface area contributed by atoms with Crippen molar-refractivity contribution in [3.05, 3.63) is 0 Å². The van der Waals surface area contributed by atoms with Crippen LogP contribution in [-0.4, -0.2) is 77.1 Å². The van der Waals surface area contributed by atoms with E-state index in [1.807, 2.05) is 6.92 Å². The van der Waals surface area contributed by atoms with Crippen molar-refractivity contribution in [2.75, 3.05) is 66.1 Å². The van der Waals surface area contributed by atoms with Crippen LogP contribution in [-0.2, 0) is 28.5 Å². The highest BCUT2D eigenvalue weighted by Crippen LogP contribution is 2.14. The number of hydrogen-bond acceptors (Lipinski definition) is 6. The lowest BCUT2D eigenvalue weighted by Gasteiger charge is -2.07. The molecule has 7 heteroatoms. The van der Waals surface area contributed by atoms with Crippen LogP contribution >= 0.6 is 0 Å². The molecule has 0 fully saturated rings. The number of unbranched alkanes of at least 4 members (excludes halogenated alkanes) is 16. The zero-order chi connectivity index (χ0) is 26.9. The zero-order valence-electron chi connectivity index (χ0n) is 24.2. The molecule has 0 saturated carbocycles. The van der Waals surface area contributed by atoms with Gasteiger partial charge in [0.25, 0.3) is 0 Å². The second-order valence-corrected chi connectivity index (χ2v) is 9.80. The van der Waals surface area contributed by atoms with Gasteiger partial charge < -0.3 is 28.8 Å². The Kier molecular flexibility index (Phi) is 32.6. The minimum atomic E-state index is -0.662. The average molecular weight is 533 g/mol. The Hall–Kier alpha value is -0.730. The van der Waals surface area contributed by atoms with E-state index in [1.54, 1.807) is 0 Å². The summed E-state index contributed by atoms with van der Waals surface area (Å²) in [4.78, 5) is 10.5. The van der Waals surface area contributed by atoms with Gasteiger partial charge in [-0.15, -0.1) is 0 Å². The maximum absolute atomic E-state index is 10.5. The number of carbonyl (C=O) groups is 1. The third kappa shape index (κ3) is 35.3. The van der Waals surface area contributed by atoms with Crippen LogP contribution in [0, 0.1) is 0 Å². The molecular formula is C30H60O7. The molecule has 0 aliphatic rings. The Labute approximate surface area is 228 Å². The quantitative estimate of drug-likeness (QED) is 0.0895. The normalized spacial score (nSPS) is 11.4. The van der Waals surface area contributed by atoms with Crippen LogP contribution in [0.15, 0.2) is 0 Å². The van der Waals surface area contributed by atoms with Crippen molar-refractivity contribution in [2.45, 2.75) is 122 Å². The van der Waals surface area contributed by atoms with Gasteiger partial charge in [-0.05, 0) is 19.8 Å². The van der Waals surface area contributed by atoms with Crippen LogP contribution in [0.2, 0.25) is 0 Å². The molecule has 0 bridgehead atoms. The van der Waals surface area contributed by atoms with E-state index >= 15 is 0 Å². The van der Waals surface area contributed by atoms with Gasteiger partial charge >= 0.3 is 5.97 Å². The van der Waals surface area contributed by atoms with Crippen LogP contribution < -0.4 is 0 Å². The van der Waals surface area contributed by atoms with E-state index in [1.165, 1.54) is 89.9 Å². The van der Waals surface area contributed by atoms with E-state index in [-0.39, 0.29) is 0 Å². The second kappa shape index (κ2) is 33.3. The summed E-state index contributed by atoms with van der Waals surface area (Å²) in [6.07, 6.45) is 22.1. The summed E-state index contributed by atoms with van der Waals surface area (Å²) in [5, 5.41) is 8.61. The van der Waals surface area contributed by atoms with E-state index in [0.29, 0.717) is 59.3 Å². The number of carboxylic acid groups (broad SMARTS) is 1. The number of rotatable bonds is 33. The van der Waals surface area contributed by atoms with Gasteiger partial charge in [0.2, 0.25) is 0 Å². The molecule has 0 aliphatic heterocycles. The fourth-order valence-corrected chi connectivity index (χ4v) is 4.16. The highest BCUT2D eigenvalue weighted by Gasteiger charge is 1.98. The van der Waals surface area contributed by atoms with Gasteiger partial charge in [-0.3, -0.25) is 4.79 Å². The van der Waals surface area contributed by atoms with Crippen molar-refractivity contribution >= 4 is 5.97 Å². The lowest BCUT2D eigenvalue weighted by Crippen LogP contribution is -2.13. The van der Waals surface area contributed by atoms with Crippen molar-refractivity contribution in [2.24, 2.45) is 0 Å². The first-order chi connectivity index (χ1) is 18.3. The Balaban J connectivity index is 3.02. The number of aliphatic carboxylic acids is 1. The molecule has 1 N–H and O–H groups in total. The van der Waals surface area contributed by atoms with Gasteiger partial charge in [-0.2, -0.15) is 0 Å². The standard InChI is InChI=1S/C30H60O7/c1-2-33-22-23-35-26-27-37-29-28-36-25-24-34-21-19-17-15-13-11-9-7-5-3-4-6-8-10-12-14-16-18-20-30(31)32/h2-29H2,1H3,(H,31,32). The minimum absolute atomic E-state index is 0.331. The van der Waals surface area contributed by atoms with E-state index in [4.69, 9.17) is 28.8 Å². The molecule has 0 aromatic carbocycles. The van der Waals surface area contributed by atoms with Gasteiger partial charge in [0, 0.05) is 19.6 Å². The second-order valence-electron chi connectivity index (χ2n) is 9.80. The van der Waals surface area contributed by atoms with Gasteiger partial charge in [0.05, 0.1) is 52.9 Å². The Morgan fingerprint density at radius 2 is 0.676 bits per heavy atom. The molecule has 0 rings (SSSR count). The van der Waals surface area contributed by atoms with Crippen LogP contribution in [0.25, 0.3) is 0 Å². The van der Waals surface area contributed by atoms with Crippen molar-refractivity contribution in [1.29, 1.82) is 0 Å². The van der Waals surface area contributed by atoms with Gasteiger partial charge in [-0.1, -0.05) is 96.3 Å². The average Bonchev–Trinajstić information content (AvgIpc) is 2.89. The summed E-state index contributed by atoms with van der Waals surface area (Å²) >= 11 is 0. The van der Waals surface area contributed by atoms with Crippen LogP contribution in [0.5, 0.6) is 0 Å². The summed E-state index contributed by atoms with van der Waals surface area (Å²) in [5.41, 5.74) is 0. The molecule has 0 amide bonds. The summed E-state index contributed by atoms with van der Waals surface area (Å²) in [6, 6.07) is 0. The zero-order valence-corrected chi connectivity index (χ0v) is 24.2. The summed E-state index contributed by atoms with van der Waals surface area (Å²) in [7, 11) is 0. The largest absolute Gasteiger partial charge is 0.481 e. The smallest absolute Gasteiger partial charge is 0.303 e. The highest BCUT2D eigenvalue weighted by molar-refractivity contribution is 5.66. The van der Waals surface area contributed by atoms with Gasteiger partial charge in [0.1, 0.15) is 0 Å². The predicted octanol–water partition coefficient (Wildman–Crippen LogP) is 7.20. The highest BCUT2D eigenvalue weighted by atomic mass is 16.6. The maximum atomic E-state index is 10.5. The summed E-state index contributed by atoms with van der Waals surface area (Å²) in [5.74, 6) is -0.662. The van der Waals surface area contributed by atoms with E-state index < -0.39 is 5.97 Å². The van der Waals surface area contributed by atoms with Crippen LogP contribution in [0.3, 0.4) is 0 Å². The van der Waals surface area contributed by atoms with Crippen molar-refractivity contribution in [3.8, 4) is 0 Å². The maximum Gasteiger partial charge on any atom is 0.303 e. The molecule has 0 unspecified atom stereocenters. The first kappa shape index (κ1) is 36.3. The van der Waals surface area contributed by atoms with Gasteiger partial charge in [0.15, 0.2) is 0 Å². The molecule has 7 nitrogen and oxygen atoms in total. The predicted molar refractivity (Wildman–Crippen MR) is 151 cm³/mol. The fraction of sp³-hybridized carbons (Fsp3) is 0.967. The summed E-state index contributed by atoms with van der Waals surface area (Å²) < 4.78 is 27.2. The Morgan fingerprint density at radius 1 is 0.405 bits per heavy atom. The van der Waals surface area contributed by atoms with Crippen molar-refractivity contribution < 1.29 is 33.6 Å². The molecule has 0 spiro atoms. The first-order valence-electron chi connectivity index (χ1n) is 15.4.